The number of carbonyl (C=O) groups is 2. The summed E-state index contributed by atoms with van der Waals surface area (Å²) in [5.74, 6) is -0.480. The smallest absolute Gasteiger partial charge is 0.314 e. The summed E-state index contributed by atoms with van der Waals surface area (Å²) in [5.41, 5.74) is 4.32. The number of hydrogen-bond donors (Lipinski definition) is 0. The average Bonchev–Trinajstić information content (AvgIpc) is 3.23. The van der Waals surface area contributed by atoms with Crippen LogP contribution in [0.3, 0.4) is 0 Å². The van der Waals surface area contributed by atoms with Crippen LogP contribution in [0, 0.1) is 0 Å². The lowest BCUT2D eigenvalue weighted by molar-refractivity contribution is -0.142. The van der Waals surface area contributed by atoms with Gasteiger partial charge in [-0.1, -0.05) is 50.3 Å². The van der Waals surface area contributed by atoms with Crippen molar-refractivity contribution in [3.05, 3.63) is 65.0 Å². The Kier molecular flexibility index (Phi) is 5.40. The molecule has 0 saturated heterocycles. The molecule has 4 nitrogen and oxygen atoms in total. The van der Waals surface area contributed by atoms with E-state index in [4.69, 9.17) is 4.74 Å². The minimum Gasteiger partial charge on any atom is -0.469 e. The molecule has 1 atom stereocenters. The van der Waals surface area contributed by atoms with Crippen LogP contribution in [0.25, 0.3) is 6.08 Å². The highest BCUT2D eigenvalue weighted by molar-refractivity contribution is 6.09. The Balaban J connectivity index is 2.02. The maximum atomic E-state index is 13.2. The summed E-state index contributed by atoms with van der Waals surface area (Å²) in [7, 11) is 1.42. The van der Waals surface area contributed by atoms with E-state index in [1.54, 1.807) is 6.08 Å². The highest BCUT2D eigenvalue weighted by atomic mass is 16.5. The molecule has 0 fully saturated rings. The van der Waals surface area contributed by atoms with Gasteiger partial charge in [0.15, 0.2) is 0 Å². The molecule has 0 spiro atoms. The summed E-state index contributed by atoms with van der Waals surface area (Å²) in [4.78, 5) is 25.3. The van der Waals surface area contributed by atoms with Crippen molar-refractivity contribution < 1.29 is 14.3 Å². The van der Waals surface area contributed by atoms with Crippen molar-refractivity contribution in [2.45, 2.75) is 45.1 Å². The molecule has 2 heterocycles. The molecule has 0 N–H and O–H groups in total. The van der Waals surface area contributed by atoms with E-state index < -0.39 is 0 Å². The van der Waals surface area contributed by atoms with Gasteiger partial charge in [0, 0.05) is 17.8 Å². The lowest BCUT2D eigenvalue weighted by Gasteiger charge is -2.09. The van der Waals surface area contributed by atoms with Crippen LogP contribution in [0.5, 0.6) is 0 Å². The fraction of sp³-hybridized carbons (Fsp3) is 0.364. The van der Waals surface area contributed by atoms with Gasteiger partial charge in [0.25, 0.3) is 0 Å². The molecule has 3 rings (SSSR count). The molecule has 136 valence electrons. The first kappa shape index (κ1) is 18.2. The van der Waals surface area contributed by atoms with Gasteiger partial charge in [-0.05, 0) is 36.5 Å². The number of benzene rings is 1. The Labute approximate surface area is 154 Å². The van der Waals surface area contributed by atoms with E-state index >= 15 is 0 Å². The number of esters is 1. The van der Waals surface area contributed by atoms with Crippen LogP contribution in [0.4, 0.5) is 0 Å². The molecule has 1 aromatic carbocycles. The minimum atomic E-state index is -0.273. The Morgan fingerprint density at radius 3 is 2.65 bits per heavy atom. The van der Waals surface area contributed by atoms with Gasteiger partial charge in [-0.25, -0.2) is 0 Å². The second-order valence-corrected chi connectivity index (χ2v) is 6.72. The summed E-state index contributed by atoms with van der Waals surface area (Å²) in [6.07, 6.45) is 5.36. The van der Waals surface area contributed by atoms with Gasteiger partial charge >= 0.3 is 5.97 Å². The molecule has 0 amide bonds. The van der Waals surface area contributed by atoms with Gasteiger partial charge in [-0.15, -0.1) is 0 Å². The Morgan fingerprint density at radius 1 is 1.31 bits per heavy atom. The third-order valence-electron chi connectivity index (χ3n) is 5.12. The number of methoxy groups -OCH3 is 1. The first-order chi connectivity index (χ1) is 12.6. The molecule has 26 heavy (non-hydrogen) atoms. The third kappa shape index (κ3) is 3.24. The number of aromatic nitrogens is 1. The lowest BCUT2D eigenvalue weighted by atomic mass is 9.99. The summed E-state index contributed by atoms with van der Waals surface area (Å²) < 4.78 is 6.97. The van der Waals surface area contributed by atoms with E-state index in [0.717, 1.165) is 41.8 Å². The first-order valence-corrected chi connectivity index (χ1v) is 9.18. The van der Waals surface area contributed by atoms with E-state index in [1.165, 1.54) is 7.11 Å². The molecule has 1 aromatic heterocycles. The van der Waals surface area contributed by atoms with E-state index in [0.29, 0.717) is 18.5 Å². The van der Waals surface area contributed by atoms with E-state index in [-0.39, 0.29) is 17.7 Å². The zero-order valence-electron chi connectivity index (χ0n) is 15.5. The number of aryl methyl sites for hydroxylation is 1. The Bertz CT molecular complexity index is 830. The van der Waals surface area contributed by atoms with Crippen molar-refractivity contribution in [3.63, 3.8) is 0 Å². The lowest BCUT2D eigenvalue weighted by Crippen LogP contribution is -2.12. The summed E-state index contributed by atoms with van der Waals surface area (Å²) in [6, 6.07) is 9.52. The van der Waals surface area contributed by atoms with Gasteiger partial charge in [0.05, 0.1) is 18.7 Å². The Morgan fingerprint density at radius 2 is 2.04 bits per heavy atom. The average molecular weight is 351 g/mol. The van der Waals surface area contributed by atoms with Gasteiger partial charge < -0.3 is 9.30 Å². The fourth-order valence-corrected chi connectivity index (χ4v) is 3.68. The first-order valence-electron chi connectivity index (χ1n) is 9.18. The zero-order valence-corrected chi connectivity index (χ0v) is 15.5. The number of hydrogen-bond acceptors (Lipinski definition) is 3. The van der Waals surface area contributed by atoms with Gasteiger partial charge in [-0.3, -0.25) is 9.59 Å². The molecule has 0 saturated carbocycles. The molecule has 0 bridgehead atoms. The largest absolute Gasteiger partial charge is 0.469 e. The predicted molar refractivity (Wildman–Crippen MR) is 102 cm³/mol. The number of ketones is 1. The monoisotopic (exact) mass is 351 g/mol. The van der Waals surface area contributed by atoms with Gasteiger partial charge in [0.1, 0.15) is 0 Å². The van der Waals surface area contributed by atoms with Crippen molar-refractivity contribution in [1.82, 2.24) is 4.57 Å². The van der Waals surface area contributed by atoms with Crippen molar-refractivity contribution in [1.29, 1.82) is 0 Å². The van der Waals surface area contributed by atoms with Crippen LogP contribution in [0.15, 0.2) is 36.9 Å². The zero-order chi connectivity index (χ0) is 18.7. The highest BCUT2D eigenvalue weighted by Crippen LogP contribution is 2.35. The number of ether oxygens (including phenoxy) is 1. The second-order valence-electron chi connectivity index (χ2n) is 6.72. The number of carbonyl (C=O) groups excluding carboxylic acids is 2. The predicted octanol–water partition coefficient (Wildman–Crippen LogP) is 4.37. The van der Waals surface area contributed by atoms with Crippen LogP contribution >= 0.6 is 0 Å². The quantitative estimate of drug-likeness (QED) is 0.550. The maximum absolute atomic E-state index is 13.2. The van der Waals surface area contributed by atoms with Crippen LogP contribution in [-0.2, 0) is 22.5 Å². The van der Waals surface area contributed by atoms with Crippen molar-refractivity contribution >= 4 is 17.8 Å². The van der Waals surface area contributed by atoms with Gasteiger partial charge in [-0.2, -0.15) is 0 Å². The van der Waals surface area contributed by atoms with E-state index in [2.05, 4.69) is 13.5 Å². The minimum absolute atomic E-state index is 0.0171. The normalized spacial score (nSPS) is 15.5. The Hall–Kier alpha value is -2.62. The van der Waals surface area contributed by atoms with E-state index in [1.807, 2.05) is 34.9 Å². The summed E-state index contributed by atoms with van der Waals surface area (Å²) >= 11 is 0. The number of nitrogens with zero attached hydrogens (tertiary/aromatic N) is 1. The SMILES string of the molecule is C=Cc1ccc(C(=O)c2c(CCCC)cc3n2CCC3C(=O)OC)cc1. The standard InChI is InChI=1S/C22H25NO3/c1-4-6-7-17-14-19-18(22(25)26-3)12-13-23(19)20(17)21(24)16-10-8-15(5-2)9-11-16/h5,8-11,14,18H,2,4,6-7,12-13H2,1,3H3. The second kappa shape index (κ2) is 7.73. The van der Waals surface area contributed by atoms with Crippen LogP contribution in [-0.4, -0.2) is 23.4 Å². The van der Waals surface area contributed by atoms with Crippen molar-refractivity contribution in [2.75, 3.05) is 7.11 Å². The molecular weight excluding hydrogens is 326 g/mol. The molecule has 0 aliphatic carbocycles. The molecule has 1 aliphatic rings. The topological polar surface area (TPSA) is 48.3 Å². The number of unbranched alkanes of at least 4 members (excludes halogenated alkanes) is 1. The van der Waals surface area contributed by atoms with Crippen LogP contribution in [0.2, 0.25) is 0 Å². The number of rotatable bonds is 7. The molecule has 1 unspecified atom stereocenters. The van der Waals surface area contributed by atoms with Crippen molar-refractivity contribution in [3.8, 4) is 0 Å². The third-order valence-corrected chi connectivity index (χ3v) is 5.12. The number of fused-ring (bicyclic) bond motifs is 1. The maximum Gasteiger partial charge on any atom is 0.314 e. The molecular formula is C22H25NO3. The fourth-order valence-electron chi connectivity index (χ4n) is 3.68. The molecule has 0 radical (unpaired) electrons. The van der Waals surface area contributed by atoms with Crippen LogP contribution < -0.4 is 0 Å². The summed E-state index contributed by atoms with van der Waals surface area (Å²) in [6.45, 7) is 6.56. The van der Waals surface area contributed by atoms with Crippen molar-refractivity contribution in [2.24, 2.45) is 0 Å². The van der Waals surface area contributed by atoms with E-state index in [9.17, 15) is 9.59 Å². The molecule has 4 heteroatoms. The molecule has 2 aromatic rings. The highest BCUT2D eigenvalue weighted by Gasteiger charge is 2.34. The van der Waals surface area contributed by atoms with Crippen LogP contribution in [0.1, 0.15) is 65.0 Å². The summed E-state index contributed by atoms with van der Waals surface area (Å²) in [5, 5.41) is 0. The van der Waals surface area contributed by atoms with Gasteiger partial charge in [0.2, 0.25) is 5.78 Å². The molecule has 1 aliphatic heterocycles.